The SMILES string of the molecule is CC(C)(CCCc1cccc(Oc2ccccc2)c1)c1cccc(Cl)c1. The number of para-hydroxylation sites is 1. The van der Waals surface area contributed by atoms with Crippen LogP contribution < -0.4 is 4.74 Å². The van der Waals surface area contributed by atoms with Crippen LogP contribution in [0.1, 0.15) is 37.8 Å². The van der Waals surface area contributed by atoms with Crippen LogP contribution in [-0.2, 0) is 11.8 Å². The smallest absolute Gasteiger partial charge is 0.127 e. The van der Waals surface area contributed by atoms with E-state index in [1.54, 1.807) is 0 Å². The Morgan fingerprint density at radius 3 is 2.31 bits per heavy atom. The van der Waals surface area contributed by atoms with Crippen molar-refractivity contribution in [3.05, 3.63) is 95.0 Å². The summed E-state index contributed by atoms with van der Waals surface area (Å²) in [6.07, 6.45) is 3.27. The summed E-state index contributed by atoms with van der Waals surface area (Å²) in [7, 11) is 0. The van der Waals surface area contributed by atoms with E-state index < -0.39 is 0 Å². The quantitative estimate of drug-likeness (QED) is 0.423. The molecule has 0 aliphatic carbocycles. The summed E-state index contributed by atoms with van der Waals surface area (Å²) in [5.41, 5.74) is 2.72. The molecule has 26 heavy (non-hydrogen) atoms. The number of halogens is 1. The molecule has 1 nitrogen and oxygen atoms in total. The molecule has 3 aromatic carbocycles. The molecule has 0 aliphatic heterocycles. The number of hydrogen-bond donors (Lipinski definition) is 0. The molecule has 0 saturated carbocycles. The summed E-state index contributed by atoms with van der Waals surface area (Å²) in [6.45, 7) is 4.57. The molecule has 0 saturated heterocycles. The second kappa shape index (κ2) is 8.42. The van der Waals surface area contributed by atoms with Crippen LogP contribution in [0, 0.1) is 0 Å². The highest BCUT2D eigenvalue weighted by atomic mass is 35.5. The Balaban J connectivity index is 1.59. The number of ether oxygens (including phenoxy) is 1. The van der Waals surface area contributed by atoms with Crippen LogP contribution in [0.4, 0.5) is 0 Å². The molecule has 0 spiro atoms. The highest BCUT2D eigenvalue weighted by Gasteiger charge is 2.20. The second-order valence-corrected chi connectivity index (χ2v) is 7.75. The van der Waals surface area contributed by atoms with E-state index in [4.69, 9.17) is 16.3 Å². The van der Waals surface area contributed by atoms with Gasteiger partial charge in [0.2, 0.25) is 0 Å². The van der Waals surface area contributed by atoms with Crippen molar-refractivity contribution in [2.75, 3.05) is 0 Å². The molecule has 0 fully saturated rings. The fraction of sp³-hybridized carbons (Fsp3) is 0.250. The molecule has 0 N–H and O–H groups in total. The van der Waals surface area contributed by atoms with Crippen LogP contribution in [0.5, 0.6) is 11.5 Å². The summed E-state index contributed by atoms with van der Waals surface area (Å²) < 4.78 is 5.93. The first-order chi connectivity index (χ1) is 12.5. The van der Waals surface area contributed by atoms with E-state index >= 15 is 0 Å². The van der Waals surface area contributed by atoms with E-state index in [2.05, 4.69) is 44.2 Å². The third-order valence-electron chi connectivity index (χ3n) is 4.75. The van der Waals surface area contributed by atoms with Crippen molar-refractivity contribution in [3.8, 4) is 11.5 Å². The second-order valence-electron chi connectivity index (χ2n) is 7.31. The van der Waals surface area contributed by atoms with Crippen molar-refractivity contribution in [1.82, 2.24) is 0 Å². The first-order valence-electron chi connectivity index (χ1n) is 9.11. The molecule has 0 aliphatic rings. The van der Waals surface area contributed by atoms with Gasteiger partial charge in [-0.2, -0.15) is 0 Å². The Morgan fingerprint density at radius 1 is 0.808 bits per heavy atom. The van der Waals surface area contributed by atoms with Crippen molar-refractivity contribution in [2.24, 2.45) is 0 Å². The maximum absolute atomic E-state index is 6.15. The molecule has 3 aromatic rings. The molecule has 134 valence electrons. The molecular formula is C24H25ClO. The lowest BCUT2D eigenvalue weighted by Gasteiger charge is -2.25. The van der Waals surface area contributed by atoms with Gasteiger partial charge >= 0.3 is 0 Å². The van der Waals surface area contributed by atoms with E-state index in [1.165, 1.54) is 11.1 Å². The minimum Gasteiger partial charge on any atom is -0.457 e. The van der Waals surface area contributed by atoms with Gasteiger partial charge in [0.15, 0.2) is 0 Å². The van der Waals surface area contributed by atoms with Crippen LogP contribution in [-0.4, -0.2) is 0 Å². The zero-order valence-electron chi connectivity index (χ0n) is 15.4. The number of aryl methyl sites for hydroxylation is 1. The van der Waals surface area contributed by atoms with Gasteiger partial charge in [-0.3, -0.25) is 0 Å². The summed E-state index contributed by atoms with van der Waals surface area (Å²) in [5, 5.41) is 0.807. The topological polar surface area (TPSA) is 9.23 Å². The lowest BCUT2D eigenvalue weighted by Crippen LogP contribution is -2.17. The van der Waals surface area contributed by atoms with Gasteiger partial charge < -0.3 is 4.74 Å². The predicted octanol–water partition coefficient (Wildman–Crippen LogP) is 7.43. The van der Waals surface area contributed by atoms with Crippen molar-refractivity contribution in [2.45, 2.75) is 38.5 Å². The Kier molecular flexibility index (Phi) is 6.00. The van der Waals surface area contributed by atoms with Gasteiger partial charge in [0, 0.05) is 5.02 Å². The molecule has 0 amide bonds. The van der Waals surface area contributed by atoms with E-state index in [0.717, 1.165) is 35.8 Å². The van der Waals surface area contributed by atoms with Gasteiger partial charge in [-0.1, -0.05) is 67.9 Å². The number of benzene rings is 3. The van der Waals surface area contributed by atoms with Crippen molar-refractivity contribution in [1.29, 1.82) is 0 Å². The van der Waals surface area contributed by atoms with Gasteiger partial charge in [0.25, 0.3) is 0 Å². The Hall–Kier alpha value is -2.25. The fourth-order valence-corrected chi connectivity index (χ4v) is 3.37. The van der Waals surface area contributed by atoms with Crippen molar-refractivity contribution in [3.63, 3.8) is 0 Å². The normalized spacial score (nSPS) is 11.3. The van der Waals surface area contributed by atoms with Gasteiger partial charge in [-0.05, 0) is 72.2 Å². The summed E-state index contributed by atoms with van der Waals surface area (Å²) >= 11 is 6.15. The fourth-order valence-electron chi connectivity index (χ4n) is 3.18. The van der Waals surface area contributed by atoms with Crippen molar-refractivity contribution < 1.29 is 4.74 Å². The van der Waals surface area contributed by atoms with Crippen LogP contribution in [0.3, 0.4) is 0 Å². The monoisotopic (exact) mass is 364 g/mol. The van der Waals surface area contributed by atoms with Gasteiger partial charge in [-0.15, -0.1) is 0 Å². The van der Waals surface area contributed by atoms with E-state index in [9.17, 15) is 0 Å². The van der Waals surface area contributed by atoms with Crippen LogP contribution in [0.2, 0.25) is 5.02 Å². The standard InChI is InChI=1S/C24H25ClO/c1-24(2,20-11-7-12-21(25)18-20)16-8-10-19-9-6-15-23(17-19)26-22-13-4-3-5-14-22/h3-7,9,11-15,17-18H,8,10,16H2,1-2H3. The average Bonchev–Trinajstić information content (AvgIpc) is 2.63. The molecule has 2 heteroatoms. The summed E-state index contributed by atoms with van der Waals surface area (Å²) in [6, 6.07) is 26.5. The van der Waals surface area contributed by atoms with Crippen LogP contribution >= 0.6 is 11.6 Å². The van der Waals surface area contributed by atoms with Crippen LogP contribution in [0.25, 0.3) is 0 Å². The zero-order valence-corrected chi connectivity index (χ0v) is 16.2. The van der Waals surface area contributed by atoms with Crippen LogP contribution in [0.15, 0.2) is 78.9 Å². The number of hydrogen-bond acceptors (Lipinski definition) is 1. The zero-order chi connectivity index (χ0) is 18.4. The Bertz CT molecular complexity index is 840. The van der Waals surface area contributed by atoms with Gasteiger partial charge in [-0.25, -0.2) is 0 Å². The van der Waals surface area contributed by atoms with E-state index in [0.29, 0.717) is 0 Å². The Labute approximate surface area is 161 Å². The largest absolute Gasteiger partial charge is 0.457 e. The first kappa shape index (κ1) is 18.5. The molecule has 0 aromatic heterocycles. The maximum atomic E-state index is 6.15. The minimum atomic E-state index is 0.114. The highest BCUT2D eigenvalue weighted by molar-refractivity contribution is 6.30. The summed E-state index contributed by atoms with van der Waals surface area (Å²) in [4.78, 5) is 0. The van der Waals surface area contributed by atoms with Crippen molar-refractivity contribution >= 4 is 11.6 Å². The van der Waals surface area contributed by atoms with E-state index in [-0.39, 0.29) is 5.41 Å². The molecule has 3 rings (SSSR count). The first-order valence-corrected chi connectivity index (χ1v) is 9.49. The summed E-state index contributed by atoms with van der Waals surface area (Å²) in [5.74, 6) is 1.76. The van der Waals surface area contributed by atoms with E-state index in [1.807, 2.05) is 48.5 Å². The third kappa shape index (κ3) is 5.12. The average molecular weight is 365 g/mol. The van der Waals surface area contributed by atoms with Gasteiger partial charge in [0.1, 0.15) is 11.5 Å². The number of rotatable bonds is 7. The Morgan fingerprint density at radius 2 is 1.54 bits per heavy atom. The lowest BCUT2D eigenvalue weighted by atomic mass is 9.80. The predicted molar refractivity (Wildman–Crippen MR) is 110 cm³/mol. The third-order valence-corrected chi connectivity index (χ3v) is 4.99. The molecule has 0 unspecified atom stereocenters. The molecule has 0 bridgehead atoms. The highest BCUT2D eigenvalue weighted by Crippen LogP contribution is 2.31. The molecule has 0 atom stereocenters. The maximum Gasteiger partial charge on any atom is 0.127 e. The van der Waals surface area contributed by atoms with Gasteiger partial charge in [0.05, 0.1) is 0 Å². The molecule has 0 radical (unpaired) electrons. The minimum absolute atomic E-state index is 0.114. The molecule has 0 heterocycles. The molecular weight excluding hydrogens is 340 g/mol. The lowest BCUT2D eigenvalue weighted by molar-refractivity contribution is 0.460.